The second kappa shape index (κ2) is 4.39. The first kappa shape index (κ1) is 11.2. The van der Waals surface area contributed by atoms with Crippen LogP contribution in [0.5, 0.6) is 0 Å². The summed E-state index contributed by atoms with van der Waals surface area (Å²) < 4.78 is 12.8. The Bertz CT molecular complexity index is 376. The summed E-state index contributed by atoms with van der Waals surface area (Å²) in [6, 6.07) is 6.91. The van der Waals surface area contributed by atoms with Crippen molar-refractivity contribution >= 4 is 0 Å². The maximum Gasteiger partial charge on any atom is 0.123 e. The predicted octanol–water partition coefficient (Wildman–Crippen LogP) is 1.82. The van der Waals surface area contributed by atoms with Crippen LogP contribution in [0, 0.1) is 17.7 Å². The fourth-order valence-corrected chi connectivity index (χ4v) is 3.30. The van der Waals surface area contributed by atoms with Crippen LogP contribution in [0.25, 0.3) is 0 Å². The topological polar surface area (TPSA) is 6.48 Å². The van der Waals surface area contributed by atoms with E-state index in [0.29, 0.717) is 0 Å². The molecule has 2 fully saturated rings. The van der Waals surface area contributed by atoms with Crippen LogP contribution in [0.3, 0.4) is 0 Å². The van der Waals surface area contributed by atoms with Crippen molar-refractivity contribution in [1.82, 2.24) is 9.80 Å². The van der Waals surface area contributed by atoms with E-state index in [2.05, 4.69) is 16.8 Å². The first-order valence-corrected chi connectivity index (χ1v) is 6.36. The molecule has 0 spiro atoms. The van der Waals surface area contributed by atoms with Gasteiger partial charge in [-0.05, 0) is 36.6 Å². The van der Waals surface area contributed by atoms with Crippen molar-refractivity contribution < 1.29 is 4.39 Å². The van der Waals surface area contributed by atoms with Crippen LogP contribution in [0.2, 0.25) is 0 Å². The smallest absolute Gasteiger partial charge is 0.123 e. The van der Waals surface area contributed by atoms with E-state index in [-0.39, 0.29) is 5.82 Å². The van der Waals surface area contributed by atoms with E-state index < -0.39 is 0 Å². The third-order valence-electron chi connectivity index (χ3n) is 4.06. The third-order valence-corrected chi connectivity index (χ3v) is 4.06. The molecule has 0 bridgehead atoms. The maximum atomic E-state index is 12.8. The minimum absolute atomic E-state index is 0.145. The molecule has 0 amide bonds. The van der Waals surface area contributed by atoms with Gasteiger partial charge in [-0.3, -0.25) is 4.90 Å². The molecule has 2 aliphatic heterocycles. The number of nitrogens with zero attached hydrogens (tertiary/aromatic N) is 2. The van der Waals surface area contributed by atoms with E-state index in [1.807, 2.05) is 12.1 Å². The van der Waals surface area contributed by atoms with Gasteiger partial charge >= 0.3 is 0 Å². The molecule has 0 aromatic heterocycles. The summed E-state index contributed by atoms with van der Waals surface area (Å²) in [5.41, 5.74) is 1.22. The van der Waals surface area contributed by atoms with Crippen LogP contribution in [0.4, 0.5) is 4.39 Å². The number of hydrogen-bond donors (Lipinski definition) is 0. The fraction of sp³-hybridized carbons (Fsp3) is 0.571. The number of fused-ring (bicyclic) bond motifs is 1. The van der Waals surface area contributed by atoms with Crippen molar-refractivity contribution in [2.75, 3.05) is 33.2 Å². The molecular formula is C14H19FN2. The molecule has 1 aromatic carbocycles. The minimum Gasteiger partial charge on any atom is -0.306 e. The Morgan fingerprint density at radius 3 is 2.24 bits per heavy atom. The molecule has 17 heavy (non-hydrogen) atoms. The SMILES string of the molecule is CN1CC2CN(Cc3ccc(F)cc3)CC2C1. The van der Waals surface area contributed by atoms with Gasteiger partial charge in [0.1, 0.15) is 5.82 Å². The first-order chi connectivity index (χ1) is 8.20. The van der Waals surface area contributed by atoms with E-state index in [4.69, 9.17) is 0 Å². The van der Waals surface area contributed by atoms with Gasteiger partial charge in [0.2, 0.25) is 0 Å². The quantitative estimate of drug-likeness (QED) is 0.770. The Balaban J connectivity index is 1.60. The van der Waals surface area contributed by atoms with Crippen LogP contribution in [0.15, 0.2) is 24.3 Å². The molecular weight excluding hydrogens is 215 g/mol. The summed E-state index contributed by atoms with van der Waals surface area (Å²) in [7, 11) is 2.21. The highest BCUT2D eigenvalue weighted by molar-refractivity contribution is 5.16. The number of rotatable bonds is 2. The molecule has 3 rings (SSSR count). The fourth-order valence-electron chi connectivity index (χ4n) is 3.30. The van der Waals surface area contributed by atoms with Gasteiger partial charge in [0.05, 0.1) is 0 Å². The summed E-state index contributed by atoms with van der Waals surface area (Å²) in [6.07, 6.45) is 0. The van der Waals surface area contributed by atoms with Gasteiger partial charge in [0.25, 0.3) is 0 Å². The molecule has 0 aliphatic carbocycles. The van der Waals surface area contributed by atoms with E-state index in [1.165, 1.54) is 31.7 Å². The number of benzene rings is 1. The third kappa shape index (κ3) is 2.35. The van der Waals surface area contributed by atoms with Crippen LogP contribution in [0.1, 0.15) is 5.56 Å². The maximum absolute atomic E-state index is 12.8. The van der Waals surface area contributed by atoms with E-state index in [0.717, 1.165) is 18.4 Å². The Labute approximate surface area is 102 Å². The van der Waals surface area contributed by atoms with Gasteiger partial charge in [-0.1, -0.05) is 12.1 Å². The first-order valence-electron chi connectivity index (χ1n) is 6.36. The average molecular weight is 234 g/mol. The number of hydrogen-bond acceptors (Lipinski definition) is 2. The van der Waals surface area contributed by atoms with Crippen molar-refractivity contribution in [2.45, 2.75) is 6.54 Å². The molecule has 2 saturated heterocycles. The highest BCUT2D eigenvalue weighted by atomic mass is 19.1. The lowest BCUT2D eigenvalue weighted by Crippen LogP contribution is -2.26. The molecule has 2 atom stereocenters. The van der Waals surface area contributed by atoms with Crippen LogP contribution < -0.4 is 0 Å². The minimum atomic E-state index is -0.145. The summed E-state index contributed by atoms with van der Waals surface area (Å²) in [5, 5.41) is 0. The Morgan fingerprint density at radius 2 is 1.65 bits per heavy atom. The number of likely N-dealkylation sites (tertiary alicyclic amines) is 2. The van der Waals surface area contributed by atoms with Crippen molar-refractivity contribution in [3.05, 3.63) is 35.6 Å². The van der Waals surface area contributed by atoms with E-state index in [9.17, 15) is 4.39 Å². The normalized spacial score (nSPS) is 29.8. The van der Waals surface area contributed by atoms with Gasteiger partial charge in [-0.15, -0.1) is 0 Å². The molecule has 0 N–H and O–H groups in total. The average Bonchev–Trinajstić information content (AvgIpc) is 2.78. The van der Waals surface area contributed by atoms with Crippen LogP contribution >= 0.6 is 0 Å². The standard InChI is InChI=1S/C14H19FN2/c1-16-7-12-9-17(10-13(12)8-16)6-11-2-4-14(15)5-3-11/h2-5,12-13H,6-10H2,1H3. The summed E-state index contributed by atoms with van der Waals surface area (Å²) >= 11 is 0. The van der Waals surface area contributed by atoms with E-state index in [1.54, 1.807) is 12.1 Å². The summed E-state index contributed by atoms with van der Waals surface area (Å²) in [5.74, 6) is 1.55. The lowest BCUT2D eigenvalue weighted by Gasteiger charge is -2.18. The molecule has 2 aliphatic rings. The zero-order chi connectivity index (χ0) is 11.8. The van der Waals surface area contributed by atoms with Crippen molar-refractivity contribution in [3.8, 4) is 0 Å². The Hall–Kier alpha value is -0.930. The highest BCUT2D eigenvalue weighted by Gasteiger charge is 2.38. The molecule has 0 saturated carbocycles. The second-order valence-electron chi connectivity index (χ2n) is 5.56. The molecule has 1 aromatic rings. The molecule has 0 radical (unpaired) electrons. The van der Waals surface area contributed by atoms with Gasteiger partial charge in [0.15, 0.2) is 0 Å². The lowest BCUT2D eigenvalue weighted by molar-refractivity contribution is 0.272. The number of halogens is 1. The summed E-state index contributed by atoms with van der Waals surface area (Å²) in [6.45, 7) is 5.85. The predicted molar refractivity (Wildman–Crippen MR) is 66.2 cm³/mol. The molecule has 2 unspecified atom stereocenters. The zero-order valence-corrected chi connectivity index (χ0v) is 10.3. The van der Waals surface area contributed by atoms with Gasteiger partial charge in [-0.2, -0.15) is 0 Å². The Kier molecular flexibility index (Phi) is 2.89. The highest BCUT2D eigenvalue weighted by Crippen LogP contribution is 2.30. The lowest BCUT2D eigenvalue weighted by atomic mass is 10.0. The second-order valence-corrected chi connectivity index (χ2v) is 5.56. The van der Waals surface area contributed by atoms with Crippen molar-refractivity contribution in [2.24, 2.45) is 11.8 Å². The summed E-state index contributed by atoms with van der Waals surface area (Å²) in [4.78, 5) is 4.94. The van der Waals surface area contributed by atoms with Crippen molar-refractivity contribution in [1.29, 1.82) is 0 Å². The van der Waals surface area contributed by atoms with Crippen LogP contribution in [-0.2, 0) is 6.54 Å². The van der Waals surface area contributed by atoms with Gasteiger partial charge in [0, 0.05) is 32.7 Å². The van der Waals surface area contributed by atoms with Gasteiger partial charge in [-0.25, -0.2) is 4.39 Å². The molecule has 2 heterocycles. The Morgan fingerprint density at radius 1 is 1.06 bits per heavy atom. The van der Waals surface area contributed by atoms with Crippen molar-refractivity contribution in [3.63, 3.8) is 0 Å². The molecule has 2 nitrogen and oxygen atoms in total. The van der Waals surface area contributed by atoms with E-state index >= 15 is 0 Å². The zero-order valence-electron chi connectivity index (χ0n) is 10.3. The largest absolute Gasteiger partial charge is 0.306 e. The monoisotopic (exact) mass is 234 g/mol. The molecule has 92 valence electrons. The van der Waals surface area contributed by atoms with Gasteiger partial charge < -0.3 is 4.90 Å². The van der Waals surface area contributed by atoms with Crippen LogP contribution in [-0.4, -0.2) is 43.0 Å². The molecule has 3 heteroatoms.